The van der Waals surface area contributed by atoms with Crippen molar-refractivity contribution < 1.29 is 29.1 Å². The average molecular weight is 750 g/mol. The standard InChI is InChI=1S/C42H51N7O6/c1-25(42(54)55)45-39(51)33(22-27-15-7-3-8-16-27)48-40(52)34-23-30-29-19-11-12-20-32(29)47-37(30)35(46-34)24-44-41(53)36(28-17-9-4-10-18-28)49-38(50)31(43)21-26-13-5-2-6-14-26/h2,4-6,9-14,17-20,25,27,31,33-36,46-47H,3,7-8,15-16,21-24,43H2,1H3,(H,44,53)(H,45,51)(H,48,52)(H,49,50)(H,54,55)/t25-,31+,33-,34?,35?,36-/m0/s1. The molecule has 0 bridgehead atoms. The molecule has 55 heavy (non-hydrogen) atoms. The minimum Gasteiger partial charge on any atom is -0.480 e. The molecule has 6 atom stereocenters. The van der Waals surface area contributed by atoms with Gasteiger partial charge in [-0.3, -0.25) is 29.3 Å². The van der Waals surface area contributed by atoms with Crippen molar-refractivity contribution >= 4 is 40.5 Å². The van der Waals surface area contributed by atoms with Gasteiger partial charge in [0, 0.05) is 23.1 Å². The zero-order valence-corrected chi connectivity index (χ0v) is 31.1. The van der Waals surface area contributed by atoms with E-state index >= 15 is 0 Å². The molecule has 4 aromatic rings. The van der Waals surface area contributed by atoms with Crippen LogP contribution in [0.5, 0.6) is 0 Å². The Balaban J connectivity index is 1.20. The number of rotatable bonds is 15. The third-order valence-electron chi connectivity index (χ3n) is 10.8. The molecule has 13 nitrogen and oxygen atoms in total. The molecule has 0 spiro atoms. The Morgan fingerprint density at radius 2 is 1.49 bits per heavy atom. The number of fused-ring (bicyclic) bond motifs is 3. The lowest BCUT2D eigenvalue weighted by atomic mass is 9.84. The van der Waals surface area contributed by atoms with Gasteiger partial charge in [-0.2, -0.15) is 0 Å². The molecule has 2 unspecified atom stereocenters. The predicted octanol–water partition coefficient (Wildman–Crippen LogP) is 3.31. The minimum absolute atomic E-state index is 0.0693. The molecule has 3 aromatic carbocycles. The lowest BCUT2D eigenvalue weighted by Gasteiger charge is -2.33. The van der Waals surface area contributed by atoms with Crippen molar-refractivity contribution in [2.45, 2.75) is 94.5 Å². The monoisotopic (exact) mass is 749 g/mol. The molecule has 1 aromatic heterocycles. The van der Waals surface area contributed by atoms with Gasteiger partial charge in [-0.05, 0) is 54.9 Å². The molecule has 6 rings (SSSR count). The minimum atomic E-state index is -1.16. The highest BCUT2D eigenvalue weighted by atomic mass is 16.4. The number of aromatic nitrogens is 1. The zero-order chi connectivity index (χ0) is 38.9. The van der Waals surface area contributed by atoms with Crippen molar-refractivity contribution in [2.24, 2.45) is 11.7 Å². The van der Waals surface area contributed by atoms with Crippen molar-refractivity contribution in [1.29, 1.82) is 0 Å². The zero-order valence-electron chi connectivity index (χ0n) is 31.1. The molecule has 9 N–H and O–H groups in total. The van der Waals surface area contributed by atoms with Gasteiger partial charge < -0.3 is 37.1 Å². The van der Waals surface area contributed by atoms with Crippen LogP contribution in [-0.2, 0) is 36.8 Å². The summed E-state index contributed by atoms with van der Waals surface area (Å²) in [4.78, 5) is 69.9. The Morgan fingerprint density at radius 3 is 2.20 bits per heavy atom. The highest BCUT2D eigenvalue weighted by Gasteiger charge is 2.36. The molecule has 1 aliphatic heterocycles. The van der Waals surface area contributed by atoms with Crippen LogP contribution in [0.25, 0.3) is 10.9 Å². The van der Waals surface area contributed by atoms with Gasteiger partial charge in [0.1, 0.15) is 18.1 Å². The van der Waals surface area contributed by atoms with Crippen LogP contribution in [0.3, 0.4) is 0 Å². The summed E-state index contributed by atoms with van der Waals surface area (Å²) in [6.45, 7) is 1.46. The van der Waals surface area contributed by atoms with Crippen LogP contribution >= 0.6 is 0 Å². The number of carboxylic acids is 1. The van der Waals surface area contributed by atoms with Gasteiger partial charge in [-0.15, -0.1) is 0 Å². The SMILES string of the molecule is C[C@H](NC(=O)[C@H](CC1CCCCC1)NC(=O)C1Cc2c([nH]c3ccccc23)C(CNC(=O)[C@@H](NC(=O)[C@H](N)Cc2ccccc2)c2ccccc2)N1)C(=O)O. The number of aliphatic carboxylic acids is 1. The van der Waals surface area contributed by atoms with Crippen LogP contribution in [0.2, 0.25) is 0 Å². The summed E-state index contributed by atoms with van der Waals surface area (Å²) in [5, 5.41) is 25.2. The molecule has 1 fully saturated rings. The molecule has 2 aliphatic rings. The molecule has 2 heterocycles. The van der Waals surface area contributed by atoms with Crippen LogP contribution in [0.4, 0.5) is 0 Å². The molecule has 4 amide bonds. The summed E-state index contributed by atoms with van der Waals surface area (Å²) in [5.74, 6) is -2.77. The van der Waals surface area contributed by atoms with E-state index in [2.05, 4.69) is 31.6 Å². The maximum Gasteiger partial charge on any atom is 0.325 e. The number of aromatic amines is 1. The summed E-state index contributed by atoms with van der Waals surface area (Å²) < 4.78 is 0. The highest BCUT2D eigenvalue weighted by Crippen LogP contribution is 2.32. The molecular weight excluding hydrogens is 699 g/mol. The van der Waals surface area contributed by atoms with Gasteiger partial charge in [-0.1, -0.05) is 111 Å². The fourth-order valence-corrected chi connectivity index (χ4v) is 7.75. The lowest BCUT2D eigenvalue weighted by Crippen LogP contribution is -2.57. The van der Waals surface area contributed by atoms with Crippen LogP contribution in [0.15, 0.2) is 84.9 Å². The van der Waals surface area contributed by atoms with E-state index in [0.717, 1.165) is 59.8 Å². The van der Waals surface area contributed by atoms with Crippen LogP contribution in [-0.4, -0.2) is 70.4 Å². The van der Waals surface area contributed by atoms with E-state index in [9.17, 15) is 29.1 Å². The summed E-state index contributed by atoms with van der Waals surface area (Å²) in [5.41, 5.74) is 10.4. The van der Waals surface area contributed by atoms with Gasteiger partial charge in [0.2, 0.25) is 23.6 Å². The number of hydrogen-bond donors (Lipinski definition) is 8. The Labute approximate surface area is 320 Å². The van der Waals surface area contributed by atoms with Gasteiger partial charge >= 0.3 is 5.97 Å². The number of amides is 4. The first-order valence-electron chi connectivity index (χ1n) is 19.2. The maximum atomic E-state index is 14.1. The Hall–Kier alpha value is -5.53. The van der Waals surface area contributed by atoms with Crippen LogP contribution < -0.4 is 32.3 Å². The molecule has 1 aliphatic carbocycles. The number of carbonyl (C=O) groups excluding carboxylic acids is 4. The number of carbonyl (C=O) groups is 5. The Morgan fingerprint density at radius 1 is 0.818 bits per heavy atom. The Bertz CT molecular complexity index is 1960. The molecular formula is C42H51N7O6. The van der Waals surface area contributed by atoms with Crippen LogP contribution in [0, 0.1) is 5.92 Å². The Kier molecular flexibility index (Phi) is 13.0. The summed E-state index contributed by atoms with van der Waals surface area (Å²) in [7, 11) is 0. The van der Waals surface area contributed by atoms with E-state index in [1.165, 1.54) is 6.92 Å². The summed E-state index contributed by atoms with van der Waals surface area (Å²) in [6, 6.07) is 20.9. The van der Waals surface area contributed by atoms with Gasteiger partial charge in [-0.25, -0.2) is 0 Å². The smallest absolute Gasteiger partial charge is 0.325 e. The fourth-order valence-electron chi connectivity index (χ4n) is 7.75. The summed E-state index contributed by atoms with van der Waals surface area (Å²) >= 11 is 0. The van der Waals surface area contributed by atoms with Crippen molar-refractivity contribution in [3.05, 3.63) is 107 Å². The van der Waals surface area contributed by atoms with Crippen molar-refractivity contribution in [3.8, 4) is 0 Å². The van der Waals surface area contributed by atoms with Gasteiger partial charge in [0.25, 0.3) is 0 Å². The quantitative estimate of drug-likeness (QED) is 0.0903. The van der Waals surface area contributed by atoms with Gasteiger partial charge in [0.05, 0.1) is 18.1 Å². The molecule has 1 saturated carbocycles. The number of H-pyrrole nitrogens is 1. The maximum absolute atomic E-state index is 14.1. The second-order valence-corrected chi connectivity index (χ2v) is 14.8. The highest BCUT2D eigenvalue weighted by molar-refractivity contribution is 5.93. The average Bonchev–Trinajstić information content (AvgIpc) is 3.58. The van der Waals surface area contributed by atoms with E-state index in [4.69, 9.17) is 5.73 Å². The number of hydrogen-bond acceptors (Lipinski definition) is 7. The first-order valence-corrected chi connectivity index (χ1v) is 19.2. The third-order valence-corrected chi connectivity index (χ3v) is 10.8. The van der Waals surface area contributed by atoms with E-state index in [1.54, 1.807) is 24.3 Å². The van der Waals surface area contributed by atoms with E-state index in [0.29, 0.717) is 24.8 Å². The van der Waals surface area contributed by atoms with Crippen molar-refractivity contribution in [3.63, 3.8) is 0 Å². The summed E-state index contributed by atoms with van der Waals surface area (Å²) in [6.07, 6.45) is 6.16. The molecule has 0 radical (unpaired) electrons. The number of para-hydroxylation sites is 1. The van der Waals surface area contributed by atoms with E-state index in [-0.39, 0.29) is 12.5 Å². The molecule has 13 heteroatoms. The normalized spacial score (nSPS) is 19.2. The number of nitrogens with one attached hydrogen (secondary N) is 6. The van der Waals surface area contributed by atoms with E-state index < -0.39 is 65.8 Å². The number of nitrogens with two attached hydrogens (primary N) is 1. The third kappa shape index (κ3) is 9.97. The second kappa shape index (κ2) is 18.2. The molecule has 0 saturated heterocycles. The van der Waals surface area contributed by atoms with Gasteiger partial charge in [0.15, 0.2) is 0 Å². The van der Waals surface area contributed by atoms with E-state index in [1.807, 2.05) is 60.7 Å². The van der Waals surface area contributed by atoms with Crippen molar-refractivity contribution in [2.75, 3.05) is 6.54 Å². The topological polar surface area (TPSA) is 208 Å². The number of carboxylic acid groups (broad SMARTS) is 1. The first kappa shape index (κ1) is 39.2. The number of benzene rings is 3. The fraction of sp³-hybridized carbons (Fsp3) is 0.405. The van der Waals surface area contributed by atoms with Crippen LogP contribution in [0.1, 0.15) is 79.9 Å². The predicted molar refractivity (Wildman–Crippen MR) is 208 cm³/mol. The van der Waals surface area contributed by atoms with Crippen molar-refractivity contribution in [1.82, 2.24) is 31.6 Å². The lowest BCUT2D eigenvalue weighted by molar-refractivity contribution is -0.141. The largest absolute Gasteiger partial charge is 0.480 e. The second-order valence-electron chi connectivity index (χ2n) is 14.8. The first-order chi connectivity index (χ1) is 26.6. The molecule has 290 valence electrons.